The van der Waals surface area contributed by atoms with Gasteiger partial charge in [0.25, 0.3) is 5.91 Å². The molecule has 0 aliphatic heterocycles. The molecular formula is C14H10BrClFN7O3. The number of nitrogens with one attached hydrogen (secondary N) is 2. The van der Waals surface area contributed by atoms with E-state index in [-0.39, 0.29) is 26.7 Å². The fourth-order valence-corrected chi connectivity index (χ4v) is 2.39. The van der Waals surface area contributed by atoms with Crippen LogP contribution >= 0.6 is 27.5 Å². The van der Waals surface area contributed by atoms with Gasteiger partial charge < -0.3 is 5.32 Å². The highest BCUT2D eigenvalue weighted by Gasteiger charge is 2.18. The molecule has 1 amide bonds. The van der Waals surface area contributed by atoms with Crippen LogP contribution in [0.2, 0.25) is 5.15 Å². The number of aryl methyl sites for hydroxylation is 1. The van der Waals surface area contributed by atoms with Crippen LogP contribution in [0.4, 0.5) is 15.9 Å². The van der Waals surface area contributed by atoms with Crippen molar-refractivity contribution in [2.24, 2.45) is 12.2 Å². The van der Waals surface area contributed by atoms with Crippen molar-refractivity contribution in [1.82, 2.24) is 20.1 Å². The van der Waals surface area contributed by atoms with E-state index in [2.05, 4.69) is 51.9 Å². The average Bonchev–Trinajstić information content (AvgIpc) is 3.21. The molecular weight excluding hydrogens is 449 g/mol. The normalized spacial score (nSPS) is 11.0. The van der Waals surface area contributed by atoms with Gasteiger partial charge >= 0.3 is 0 Å². The molecule has 0 aliphatic rings. The number of hydrogen-bond donors (Lipinski definition) is 2. The molecule has 1 aromatic carbocycles. The smallest absolute Gasteiger partial charge is 0.261 e. The standard InChI is InChI=1S/C14H10BrClFN7O3/c1-24-12(16)8(5-18-24)14(25)20-13-11(22-27-23-13)6-19-26-21-7-2-3-10(17)9(15)4-7/h2-6,21H,1H3,(H,20,23,25)/b19-6+. The molecule has 140 valence electrons. The van der Waals surface area contributed by atoms with Gasteiger partial charge in [0.2, 0.25) is 5.82 Å². The van der Waals surface area contributed by atoms with E-state index >= 15 is 0 Å². The van der Waals surface area contributed by atoms with E-state index in [9.17, 15) is 9.18 Å². The van der Waals surface area contributed by atoms with Gasteiger partial charge in [-0.2, -0.15) is 10.6 Å². The second-order valence-corrected chi connectivity index (χ2v) is 6.19. The lowest BCUT2D eigenvalue weighted by molar-refractivity contribution is 0.102. The zero-order chi connectivity index (χ0) is 19.4. The minimum atomic E-state index is -0.548. The lowest BCUT2D eigenvalue weighted by Gasteiger charge is -2.03. The van der Waals surface area contributed by atoms with Crippen molar-refractivity contribution < 1.29 is 18.8 Å². The van der Waals surface area contributed by atoms with Crippen LogP contribution in [0.15, 0.2) is 38.7 Å². The Morgan fingerprint density at radius 1 is 1.48 bits per heavy atom. The number of benzene rings is 1. The first-order valence-electron chi connectivity index (χ1n) is 7.17. The molecule has 0 atom stereocenters. The first-order valence-corrected chi connectivity index (χ1v) is 8.34. The second kappa shape index (κ2) is 8.14. The monoisotopic (exact) mass is 457 g/mol. The summed E-state index contributed by atoms with van der Waals surface area (Å²) < 4.78 is 19.3. The summed E-state index contributed by atoms with van der Waals surface area (Å²) in [6, 6.07) is 4.17. The number of carbonyl (C=O) groups is 1. The maximum Gasteiger partial charge on any atom is 0.261 e. The summed E-state index contributed by atoms with van der Waals surface area (Å²) in [5, 5.41) is 17.3. The van der Waals surface area contributed by atoms with Gasteiger partial charge in [-0.05, 0) is 44.4 Å². The number of aromatic nitrogens is 4. The van der Waals surface area contributed by atoms with Crippen molar-refractivity contribution in [2.75, 3.05) is 10.8 Å². The van der Waals surface area contributed by atoms with Crippen LogP contribution in [0.1, 0.15) is 16.1 Å². The van der Waals surface area contributed by atoms with Gasteiger partial charge in [-0.15, -0.1) is 0 Å². The van der Waals surface area contributed by atoms with Crippen molar-refractivity contribution in [3.63, 3.8) is 0 Å². The Morgan fingerprint density at radius 2 is 2.30 bits per heavy atom. The first kappa shape index (κ1) is 18.8. The van der Waals surface area contributed by atoms with Gasteiger partial charge in [0.05, 0.1) is 21.9 Å². The Labute approximate surface area is 164 Å². The van der Waals surface area contributed by atoms with Crippen LogP contribution in [0.3, 0.4) is 0 Å². The summed E-state index contributed by atoms with van der Waals surface area (Å²) in [5.74, 6) is -0.947. The molecule has 0 saturated carbocycles. The van der Waals surface area contributed by atoms with Crippen molar-refractivity contribution in [2.45, 2.75) is 0 Å². The molecule has 0 bridgehead atoms. The van der Waals surface area contributed by atoms with Crippen LogP contribution in [-0.2, 0) is 12.0 Å². The lowest BCUT2D eigenvalue weighted by Crippen LogP contribution is -2.13. The Bertz CT molecular complexity index is 1010. The van der Waals surface area contributed by atoms with Crippen molar-refractivity contribution in [1.29, 1.82) is 0 Å². The van der Waals surface area contributed by atoms with Crippen molar-refractivity contribution >= 4 is 51.2 Å². The van der Waals surface area contributed by atoms with Crippen LogP contribution in [0.5, 0.6) is 0 Å². The Kier molecular flexibility index (Phi) is 5.66. The summed E-state index contributed by atoms with van der Waals surface area (Å²) >= 11 is 9.01. The molecule has 2 heterocycles. The van der Waals surface area contributed by atoms with Crippen LogP contribution in [0.25, 0.3) is 0 Å². The fraction of sp³-hybridized carbons (Fsp3) is 0.0714. The number of anilines is 2. The molecule has 10 nitrogen and oxygen atoms in total. The zero-order valence-corrected chi connectivity index (χ0v) is 15.8. The quantitative estimate of drug-likeness (QED) is 0.430. The molecule has 2 aromatic heterocycles. The zero-order valence-electron chi connectivity index (χ0n) is 13.5. The molecule has 0 radical (unpaired) electrons. The molecule has 0 spiro atoms. The maximum atomic E-state index is 13.2. The largest absolute Gasteiger partial charge is 0.302 e. The summed E-state index contributed by atoms with van der Waals surface area (Å²) in [6.45, 7) is 0. The van der Waals surface area contributed by atoms with Crippen molar-refractivity contribution in [3.8, 4) is 0 Å². The van der Waals surface area contributed by atoms with Gasteiger partial charge in [-0.3, -0.25) is 14.4 Å². The Morgan fingerprint density at radius 3 is 3.00 bits per heavy atom. The third-order valence-corrected chi connectivity index (χ3v) is 4.22. The number of oxime groups is 1. The lowest BCUT2D eigenvalue weighted by atomic mass is 10.3. The summed E-state index contributed by atoms with van der Waals surface area (Å²) in [7, 11) is 1.60. The highest BCUT2D eigenvalue weighted by Crippen LogP contribution is 2.20. The third kappa shape index (κ3) is 4.41. The summed E-state index contributed by atoms with van der Waals surface area (Å²) in [6.07, 6.45) is 2.47. The predicted octanol–water partition coefficient (Wildman–Crippen LogP) is 2.99. The Balaban J connectivity index is 1.61. The number of nitrogens with zero attached hydrogens (tertiary/aromatic N) is 5. The van der Waals surface area contributed by atoms with Gasteiger partial charge in [0, 0.05) is 7.05 Å². The van der Waals surface area contributed by atoms with Crippen molar-refractivity contribution in [3.05, 3.63) is 51.1 Å². The number of amides is 1. The molecule has 13 heteroatoms. The third-order valence-electron chi connectivity index (χ3n) is 3.17. The first-order chi connectivity index (χ1) is 13.0. The SMILES string of the molecule is Cn1ncc(C(=O)Nc2nonc2/C=N/ONc2ccc(F)c(Br)c2)c1Cl. The number of rotatable bonds is 6. The minimum absolute atomic E-state index is 0.0109. The molecule has 0 unspecified atom stereocenters. The summed E-state index contributed by atoms with van der Waals surface area (Å²) in [5.41, 5.74) is 3.20. The van der Waals surface area contributed by atoms with Gasteiger partial charge in [0.15, 0.2) is 5.69 Å². The Hall–Kier alpha value is -2.99. The molecule has 3 aromatic rings. The van der Waals surface area contributed by atoms with Gasteiger partial charge in [-0.25, -0.2) is 9.02 Å². The van der Waals surface area contributed by atoms with Gasteiger partial charge in [0.1, 0.15) is 17.2 Å². The molecule has 2 N–H and O–H groups in total. The van der Waals surface area contributed by atoms with E-state index in [1.54, 1.807) is 7.05 Å². The van der Waals surface area contributed by atoms with Gasteiger partial charge in [-0.1, -0.05) is 16.8 Å². The van der Waals surface area contributed by atoms with E-state index < -0.39 is 11.7 Å². The van der Waals surface area contributed by atoms with E-state index in [1.807, 2.05) is 0 Å². The molecule has 0 fully saturated rings. The molecule has 27 heavy (non-hydrogen) atoms. The van der Waals surface area contributed by atoms with Crippen LogP contribution < -0.4 is 10.8 Å². The fourth-order valence-electron chi connectivity index (χ4n) is 1.83. The van der Waals surface area contributed by atoms with E-state index in [0.29, 0.717) is 5.69 Å². The summed E-state index contributed by atoms with van der Waals surface area (Å²) in [4.78, 5) is 17.1. The van der Waals surface area contributed by atoms with Crippen LogP contribution in [-0.4, -0.2) is 32.2 Å². The van der Waals surface area contributed by atoms with Crippen LogP contribution in [0, 0.1) is 5.82 Å². The van der Waals surface area contributed by atoms with E-state index in [1.165, 1.54) is 29.1 Å². The minimum Gasteiger partial charge on any atom is -0.302 e. The number of carbonyl (C=O) groups excluding carboxylic acids is 1. The van der Waals surface area contributed by atoms with E-state index in [4.69, 9.17) is 16.5 Å². The topological polar surface area (TPSA) is 119 Å². The second-order valence-electron chi connectivity index (χ2n) is 4.98. The average molecular weight is 459 g/mol. The molecule has 0 aliphatic carbocycles. The molecule has 0 saturated heterocycles. The van der Waals surface area contributed by atoms with E-state index in [0.717, 1.165) is 6.21 Å². The highest BCUT2D eigenvalue weighted by molar-refractivity contribution is 9.10. The highest BCUT2D eigenvalue weighted by atomic mass is 79.9. The number of halogens is 3. The predicted molar refractivity (Wildman–Crippen MR) is 96.9 cm³/mol. The molecule has 3 rings (SSSR count). The number of hydrogen-bond acceptors (Lipinski definition) is 8. The maximum absolute atomic E-state index is 13.2.